The van der Waals surface area contributed by atoms with Crippen molar-refractivity contribution in [3.05, 3.63) is 140 Å². The standard InChI is InChI=1S/C51H49N5/c1-4-26-50(5-2,6-3)48-52-47(53-49(54-48)51-30-33-27-34(31-51)29-35(28-33)32-51)36-20-22-38(23-21-36)56-42-18-12-10-16-39(42)40-24-25-44-45(46(40)56)41-17-11-13-19-43(41)55(44)37-14-8-7-9-15-37/h4,7-25,33-35H,1,5-6,26-32H2,2-3H3. The van der Waals surface area contributed by atoms with Gasteiger partial charge in [0.05, 0.1) is 22.1 Å². The van der Waals surface area contributed by atoms with E-state index in [9.17, 15) is 0 Å². The Morgan fingerprint density at radius 3 is 1.89 bits per heavy atom. The zero-order valence-electron chi connectivity index (χ0n) is 32.6. The maximum Gasteiger partial charge on any atom is 0.163 e. The van der Waals surface area contributed by atoms with Crippen LogP contribution in [0.25, 0.3) is 66.4 Å². The first-order valence-electron chi connectivity index (χ1n) is 21.0. The van der Waals surface area contributed by atoms with Crippen molar-refractivity contribution < 1.29 is 0 Å². The molecule has 4 fully saturated rings. The van der Waals surface area contributed by atoms with Gasteiger partial charge >= 0.3 is 0 Å². The fraction of sp³-hybridized carbons (Fsp3) is 0.314. The van der Waals surface area contributed by atoms with Crippen molar-refractivity contribution in [2.45, 2.75) is 82.5 Å². The van der Waals surface area contributed by atoms with Crippen molar-refractivity contribution in [2.75, 3.05) is 0 Å². The summed E-state index contributed by atoms with van der Waals surface area (Å²) in [5.41, 5.74) is 8.12. The first-order chi connectivity index (χ1) is 27.5. The van der Waals surface area contributed by atoms with Gasteiger partial charge in [0.25, 0.3) is 0 Å². The topological polar surface area (TPSA) is 48.5 Å². The van der Waals surface area contributed by atoms with Crippen LogP contribution in [-0.4, -0.2) is 24.1 Å². The molecule has 0 saturated heterocycles. The van der Waals surface area contributed by atoms with Crippen LogP contribution in [0.1, 0.15) is 83.3 Å². The summed E-state index contributed by atoms with van der Waals surface area (Å²) >= 11 is 0. The first-order valence-corrected chi connectivity index (χ1v) is 21.0. The van der Waals surface area contributed by atoms with Gasteiger partial charge in [-0.3, -0.25) is 0 Å². The second kappa shape index (κ2) is 12.7. The van der Waals surface area contributed by atoms with Crippen molar-refractivity contribution in [1.82, 2.24) is 24.1 Å². The highest BCUT2D eigenvalue weighted by Gasteiger charge is 2.53. The Balaban J connectivity index is 1.10. The molecule has 0 unspecified atom stereocenters. The van der Waals surface area contributed by atoms with Crippen molar-refractivity contribution in [3.8, 4) is 22.8 Å². The van der Waals surface area contributed by atoms with E-state index in [-0.39, 0.29) is 10.8 Å². The van der Waals surface area contributed by atoms with Crippen molar-refractivity contribution >= 4 is 43.6 Å². The van der Waals surface area contributed by atoms with Crippen molar-refractivity contribution in [3.63, 3.8) is 0 Å². The SMILES string of the molecule is C=CCC(CC)(CC)c1nc(-c2ccc(-n3c4ccccc4c4ccc5c(c6ccccc6n5-c5ccccc5)c43)cc2)nc(C23CC4CC(CC(C4)C2)C3)n1. The van der Waals surface area contributed by atoms with Gasteiger partial charge in [-0.1, -0.05) is 80.6 Å². The van der Waals surface area contributed by atoms with E-state index in [1.54, 1.807) is 0 Å². The fourth-order valence-corrected chi connectivity index (χ4v) is 12.0. The van der Waals surface area contributed by atoms with E-state index in [1.807, 2.05) is 0 Å². The van der Waals surface area contributed by atoms with E-state index >= 15 is 0 Å². The third-order valence-corrected chi connectivity index (χ3v) is 14.4. The van der Waals surface area contributed by atoms with Gasteiger partial charge in [0.2, 0.25) is 0 Å². The maximum absolute atomic E-state index is 5.51. The number of fused-ring (bicyclic) bond motifs is 7. The minimum atomic E-state index is -0.149. The van der Waals surface area contributed by atoms with E-state index in [1.165, 1.54) is 82.1 Å². The first kappa shape index (κ1) is 33.8. The number of nitrogens with zero attached hydrogens (tertiary/aromatic N) is 5. The van der Waals surface area contributed by atoms with Gasteiger partial charge in [0, 0.05) is 49.3 Å². The Morgan fingerprint density at radius 2 is 1.23 bits per heavy atom. The molecule has 278 valence electrons. The fourth-order valence-electron chi connectivity index (χ4n) is 12.0. The van der Waals surface area contributed by atoms with Crippen molar-refractivity contribution in [1.29, 1.82) is 0 Å². The van der Waals surface area contributed by atoms with Crippen LogP contribution < -0.4 is 0 Å². The van der Waals surface area contributed by atoms with Crippen LogP contribution in [0, 0.1) is 17.8 Å². The summed E-state index contributed by atoms with van der Waals surface area (Å²) in [6.45, 7) is 8.75. The molecule has 4 aliphatic rings. The molecule has 5 heteroatoms. The molecule has 0 spiro atoms. The van der Waals surface area contributed by atoms with Crippen LogP contribution in [-0.2, 0) is 10.8 Å². The third kappa shape index (κ3) is 4.95. The highest BCUT2D eigenvalue weighted by Crippen LogP contribution is 2.60. The smallest absolute Gasteiger partial charge is 0.163 e. The molecule has 3 aromatic heterocycles. The van der Waals surface area contributed by atoms with E-state index < -0.39 is 0 Å². The molecule has 8 aromatic rings. The Labute approximate surface area is 329 Å². The zero-order chi connectivity index (χ0) is 37.6. The van der Waals surface area contributed by atoms with Gasteiger partial charge in [0.1, 0.15) is 11.6 Å². The Morgan fingerprint density at radius 1 is 0.625 bits per heavy atom. The molecule has 3 heterocycles. The molecule has 12 rings (SSSR count). The molecule has 4 aliphatic carbocycles. The summed E-state index contributed by atoms with van der Waals surface area (Å²) in [5, 5.41) is 5.03. The number of allylic oxidation sites excluding steroid dienone is 1. The van der Waals surface area contributed by atoms with E-state index in [0.29, 0.717) is 0 Å². The number of hydrogen-bond donors (Lipinski definition) is 0. The van der Waals surface area contributed by atoms with Crippen LogP contribution in [0.15, 0.2) is 128 Å². The molecule has 4 saturated carbocycles. The van der Waals surface area contributed by atoms with Crippen LogP contribution in [0.3, 0.4) is 0 Å². The molecule has 5 aromatic carbocycles. The average molecular weight is 732 g/mol. The molecular weight excluding hydrogens is 683 g/mol. The monoisotopic (exact) mass is 731 g/mol. The molecule has 56 heavy (non-hydrogen) atoms. The van der Waals surface area contributed by atoms with Gasteiger partial charge in [-0.25, -0.2) is 15.0 Å². The number of hydrogen-bond acceptors (Lipinski definition) is 3. The Bertz CT molecular complexity index is 2760. The van der Waals surface area contributed by atoms with Crippen LogP contribution in [0.2, 0.25) is 0 Å². The maximum atomic E-state index is 5.51. The van der Waals surface area contributed by atoms with E-state index in [0.717, 1.165) is 71.4 Å². The summed E-state index contributed by atoms with van der Waals surface area (Å²) < 4.78 is 4.88. The van der Waals surface area contributed by atoms with Crippen LogP contribution >= 0.6 is 0 Å². The molecule has 0 aliphatic heterocycles. The highest BCUT2D eigenvalue weighted by atomic mass is 15.1. The van der Waals surface area contributed by atoms with Gasteiger partial charge in [-0.05, 0) is 130 Å². The molecule has 0 amide bonds. The normalized spacial score (nSPS) is 21.9. The van der Waals surface area contributed by atoms with Gasteiger partial charge in [-0.2, -0.15) is 0 Å². The Hall–Kier alpha value is -5.55. The summed E-state index contributed by atoms with van der Waals surface area (Å²) in [6.07, 6.45) is 12.8. The number of rotatable bonds is 9. The lowest BCUT2D eigenvalue weighted by molar-refractivity contribution is -0.00970. The van der Waals surface area contributed by atoms with Crippen LogP contribution in [0.5, 0.6) is 0 Å². The van der Waals surface area contributed by atoms with Gasteiger partial charge in [0.15, 0.2) is 5.82 Å². The quantitative estimate of drug-likeness (QED) is 0.139. The second-order valence-electron chi connectivity index (χ2n) is 17.4. The molecular formula is C51H49N5. The summed E-state index contributed by atoms with van der Waals surface area (Å²) in [7, 11) is 0. The zero-order valence-corrected chi connectivity index (χ0v) is 32.6. The third-order valence-electron chi connectivity index (χ3n) is 14.4. The number of aromatic nitrogens is 5. The van der Waals surface area contributed by atoms with E-state index in [4.69, 9.17) is 15.0 Å². The molecule has 4 bridgehead atoms. The predicted molar refractivity (Wildman–Crippen MR) is 231 cm³/mol. The van der Waals surface area contributed by atoms with Crippen LogP contribution in [0.4, 0.5) is 0 Å². The van der Waals surface area contributed by atoms with Gasteiger partial charge < -0.3 is 9.13 Å². The second-order valence-corrected chi connectivity index (χ2v) is 17.4. The lowest BCUT2D eigenvalue weighted by atomic mass is 9.49. The average Bonchev–Trinajstić information content (AvgIpc) is 3.76. The molecule has 0 atom stereocenters. The van der Waals surface area contributed by atoms with Crippen molar-refractivity contribution in [2.24, 2.45) is 17.8 Å². The lowest BCUT2D eigenvalue weighted by Gasteiger charge is -2.56. The number of para-hydroxylation sites is 3. The number of benzene rings is 5. The highest BCUT2D eigenvalue weighted by molar-refractivity contribution is 6.26. The summed E-state index contributed by atoms with van der Waals surface area (Å²) in [5.74, 6) is 5.30. The Kier molecular flexibility index (Phi) is 7.68. The minimum absolute atomic E-state index is 0.0792. The predicted octanol–water partition coefficient (Wildman–Crippen LogP) is 12.8. The summed E-state index contributed by atoms with van der Waals surface area (Å²) in [4.78, 5) is 16.4. The minimum Gasteiger partial charge on any atom is -0.309 e. The van der Waals surface area contributed by atoms with Gasteiger partial charge in [-0.15, -0.1) is 6.58 Å². The molecule has 0 radical (unpaired) electrons. The summed E-state index contributed by atoms with van der Waals surface area (Å²) in [6, 6.07) is 42.1. The molecule has 0 N–H and O–H groups in total. The van der Waals surface area contributed by atoms with E-state index in [2.05, 4.69) is 151 Å². The largest absolute Gasteiger partial charge is 0.309 e. The molecule has 5 nitrogen and oxygen atoms in total. The lowest BCUT2D eigenvalue weighted by Crippen LogP contribution is -2.49.